The lowest BCUT2D eigenvalue weighted by Crippen LogP contribution is -2.51. The van der Waals surface area contributed by atoms with Crippen molar-refractivity contribution in [3.63, 3.8) is 0 Å². The summed E-state index contributed by atoms with van der Waals surface area (Å²) < 4.78 is 14.6. The highest BCUT2D eigenvalue weighted by atomic mass is 35.5. The Morgan fingerprint density at radius 2 is 1.97 bits per heavy atom. The maximum absolute atomic E-state index is 14.6. The molecule has 3 N–H and O–H groups in total. The van der Waals surface area contributed by atoms with Crippen molar-refractivity contribution in [2.24, 2.45) is 17.8 Å². The average molecular weight is 416 g/mol. The van der Waals surface area contributed by atoms with Crippen LogP contribution in [0.25, 0.3) is 22.4 Å². The van der Waals surface area contributed by atoms with E-state index in [9.17, 15) is 14.3 Å². The number of rotatable bonds is 4. The van der Waals surface area contributed by atoms with Crippen molar-refractivity contribution in [3.8, 4) is 11.3 Å². The molecule has 150 valence electrons. The molecule has 0 aromatic carbocycles. The number of carboxylic acids is 1. The van der Waals surface area contributed by atoms with E-state index < -0.39 is 17.7 Å². The first-order valence-corrected chi connectivity index (χ1v) is 10.0. The fourth-order valence-electron chi connectivity index (χ4n) is 4.95. The number of anilines is 1. The molecule has 3 saturated carbocycles. The molecule has 0 saturated heterocycles. The number of halogens is 2. The molecule has 3 aliphatic rings. The first kappa shape index (κ1) is 18.3. The first-order valence-electron chi connectivity index (χ1n) is 9.66. The Balaban J connectivity index is 1.51. The Hall–Kier alpha value is -2.74. The van der Waals surface area contributed by atoms with E-state index in [1.807, 2.05) is 0 Å². The molecule has 3 fully saturated rings. The second-order valence-corrected chi connectivity index (χ2v) is 8.24. The van der Waals surface area contributed by atoms with E-state index in [1.54, 1.807) is 12.3 Å². The minimum Gasteiger partial charge on any atom is -0.481 e. The summed E-state index contributed by atoms with van der Waals surface area (Å²) in [5.74, 6) is -1.45. The van der Waals surface area contributed by atoms with Gasteiger partial charge in [0, 0.05) is 17.8 Å². The van der Waals surface area contributed by atoms with E-state index >= 15 is 0 Å². The number of carbonyl (C=O) groups is 1. The molecular formula is C20H19ClFN5O2. The lowest BCUT2D eigenvalue weighted by atomic mass is 9.61. The standard InChI is InChI=1S/C20H19ClFN5O2/c21-15-8-25-19-18(27-15)11(6-24-19)13-5-14(12(22)7-23-13)26-17-10-3-1-9(2-4-10)16(17)20(28)29/h5-10,16-17H,1-4H2,(H,23,26)(H,24,25)(H,28,29)/t9?,10?,16-,17-/m1/s1. The maximum atomic E-state index is 14.6. The Kier molecular flexibility index (Phi) is 4.38. The zero-order valence-electron chi connectivity index (χ0n) is 15.4. The fourth-order valence-corrected chi connectivity index (χ4v) is 5.09. The summed E-state index contributed by atoms with van der Waals surface area (Å²) in [5, 5.41) is 13.2. The van der Waals surface area contributed by atoms with Gasteiger partial charge in [0.05, 0.1) is 29.7 Å². The van der Waals surface area contributed by atoms with Crippen LogP contribution in [0.4, 0.5) is 10.1 Å². The lowest BCUT2D eigenvalue weighted by Gasteiger charge is -2.47. The van der Waals surface area contributed by atoms with Crippen molar-refractivity contribution in [2.45, 2.75) is 31.7 Å². The first-order chi connectivity index (χ1) is 14.0. The van der Waals surface area contributed by atoms with Gasteiger partial charge in [-0.3, -0.25) is 9.78 Å². The Morgan fingerprint density at radius 1 is 1.21 bits per heavy atom. The van der Waals surface area contributed by atoms with Crippen molar-refractivity contribution < 1.29 is 14.3 Å². The van der Waals surface area contributed by atoms with E-state index in [0.717, 1.165) is 31.9 Å². The van der Waals surface area contributed by atoms with Crippen LogP contribution in [0.3, 0.4) is 0 Å². The summed E-state index contributed by atoms with van der Waals surface area (Å²) in [6.45, 7) is 0. The predicted octanol–water partition coefficient (Wildman–Crippen LogP) is 4.11. The third-order valence-electron chi connectivity index (χ3n) is 6.31. The summed E-state index contributed by atoms with van der Waals surface area (Å²) >= 11 is 5.97. The summed E-state index contributed by atoms with van der Waals surface area (Å²) in [4.78, 5) is 27.6. The summed E-state index contributed by atoms with van der Waals surface area (Å²) in [7, 11) is 0. The Bertz CT molecular complexity index is 1100. The quantitative estimate of drug-likeness (QED) is 0.592. The van der Waals surface area contributed by atoms with Gasteiger partial charge in [-0.1, -0.05) is 11.6 Å². The normalized spacial score (nSPS) is 26.0. The zero-order chi connectivity index (χ0) is 20.1. The van der Waals surface area contributed by atoms with Crippen molar-refractivity contribution in [3.05, 3.63) is 35.6 Å². The van der Waals surface area contributed by atoms with Crippen molar-refractivity contribution in [2.75, 3.05) is 5.32 Å². The third-order valence-corrected chi connectivity index (χ3v) is 6.49. The van der Waals surface area contributed by atoms with Gasteiger partial charge in [0.25, 0.3) is 0 Å². The van der Waals surface area contributed by atoms with Gasteiger partial charge in [-0.25, -0.2) is 14.4 Å². The van der Waals surface area contributed by atoms with Crippen LogP contribution in [-0.2, 0) is 4.79 Å². The molecule has 3 aromatic heterocycles. The van der Waals surface area contributed by atoms with Crippen LogP contribution >= 0.6 is 11.6 Å². The van der Waals surface area contributed by atoms with E-state index in [2.05, 4.69) is 25.3 Å². The van der Waals surface area contributed by atoms with Gasteiger partial charge in [0.2, 0.25) is 0 Å². The molecule has 3 aliphatic carbocycles. The van der Waals surface area contributed by atoms with Gasteiger partial charge in [-0.2, -0.15) is 0 Å². The highest BCUT2D eigenvalue weighted by Crippen LogP contribution is 2.46. The molecule has 29 heavy (non-hydrogen) atoms. The molecule has 6 rings (SSSR count). The van der Waals surface area contributed by atoms with Gasteiger partial charge < -0.3 is 15.4 Å². The SMILES string of the molecule is O=C(O)[C@@H]1C2CCC(CC2)[C@H]1Nc1cc(-c2c[nH]c3ncc(Cl)nc23)ncc1F. The van der Waals surface area contributed by atoms with Crippen LogP contribution in [0.5, 0.6) is 0 Å². The third kappa shape index (κ3) is 3.11. The summed E-state index contributed by atoms with van der Waals surface area (Å²) in [6, 6.07) is 1.31. The summed E-state index contributed by atoms with van der Waals surface area (Å²) in [5.41, 5.74) is 2.51. The molecular weight excluding hydrogens is 397 g/mol. The van der Waals surface area contributed by atoms with E-state index in [4.69, 9.17) is 11.6 Å². The Labute approximate surface area is 170 Å². The van der Waals surface area contributed by atoms with Crippen LogP contribution < -0.4 is 5.32 Å². The number of aromatic amines is 1. The van der Waals surface area contributed by atoms with E-state index in [1.165, 1.54) is 6.20 Å². The van der Waals surface area contributed by atoms with Gasteiger partial charge in [-0.15, -0.1) is 0 Å². The molecule has 2 atom stereocenters. The smallest absolute Gasteiger partial charge is 0.308 e. The summed E-state index contributed by atoms with van der Waals surface area (Å²) in [6.07, 6.45) is 8.10. The number of hydrogen-bond donors (Lipinski definition) is 3. The second kappa shape index (κ2) is 6.95. The lowest BCUT2D eigenvalue weighted by molar-refractivity contribution is -0.148. The van der Waals surface area contributed by atoms with Crippen LogP contribution in [0, 0.1) is 23.6 Å². The van der Waals surface area contributed by atoms with Crippen LogP contribution in [0.2, 0.25) is 5.15 Å². The van der Waals surface area contributed by atoms with Crippen LogP contribution in [-0.4, -0.2) is 37.1 Å². The number of nitrogens with zero attached hydrogens (tertiary/aromatic N) is 3. The molecule has 0 radical (unpaired) electrons. The highest BCUT2D eigenvalue weighted by molar-refractivity contribution is 6.29. The number of hydrogen-bond acceptors (Lipinski definition) is 5. The monoisotopic (exact) mass is 415 g/mol. The molecule has 7 nitrogen and oxygen atoms in total. The largest absolute Gasteiger partial charge is 0.481 e. The number of pyridine rings is 1. The molecule has 3 heterocycles. The molecule has 9 heteroatoms. The number of nitrogens with one attached hydrogen (secondary N) is 2. The molecule has 0 aliphatic heterocycles. The number of aromatic nitrogens is 4. The maximum Gasteiger partial charge on any atom is 0.308 e. The molecule has 0 unspecified atom stereocenters. The minimum absolute atomic E-state index is 0.144. The van der Waals surface area contributed by atoms with Gasteiger partial charge in [0.15, 0.2) is 11.5 Å². The molecule has 3 aromatic rings. The predicted molar refractivity (Wildman–Crippen MR) is 106 cm³/mol. The second-order valence-electron chi connectivity index (χ2n) is 7.85. The zero-order valence-corrected chi connectivity index (χ0v) is 16.2. The van der Waals surface area contributed by atoms with Crippen LogP contribution in [0.1, 0.15) is 25.7 Å². The molecule has 0 spiro atoms. The number of fused-ring (bicyclic) bond motifs is 4. The Morgan fingerprint density at radius 3 is 2.72 bits per heavy atom. The number of H-pyrrole nitrogens is 1. The topological polar surface area (TPSA) is 104 Å². The van der Waals surface area contributed by atoms with E-state index in [0.29, 0.717) is 22.4 Å². The molecule has 0 amide bonds. The van der Waals surface area contributed by atoms with Crippen molar-refractivity contribution >= 4 is 34.4 Å². The van der Waals surface area contributed by atoms with Crippen molar-refractivity contribution in [1.29, 1.82) is 0 Å². The van der Waals surface area contributed by atoms with Gasteiger partial charge in [-0.05, 0) is 43.6 Å². The van der Waals surface area contributed by atoms with Gasteiger partial charge >= 0.3 is 5.97 Å². The minimum atomic E-state index is -0.812. The average Bonchev–Trinajstić information content (AvgIpc) is 3.13. The highest BCUT2D eigenvalue weighted by Gasteiger charge is 2.47. The number of carboxylic acid groups (broad SMARTS) is 1. The van der Waals surface area contributed by atoms with E-state index in [-0.39, 0.29) is 28.7 Å². The molecule has 2 bridgehead atoms. The van der Waals surface area contributed by atoms with Crippen molar-refractivity contribution in [1.82, 2.24) is 19.9 Å². The number of aliphatic carboxylic acids is 1. The fraction of sp³-hybridized carbons (Fsp3) is 0.400. The van der Waals surface area contributed by atoms with Crippen LogP contribution in [0.15, 0.2) is 24.7 Å². The van der Waals surface area contributed by atoms with Gasteiger partial charge in [0.1, 0.15) is 10.7 Å².